The number of nitrogens with zero attached hydrogens (tertiary/aromatic N) is 2. The highest BCUT2D eigenvalue weighted by molar-refractivity contribution is 9.09. The number of alkyl halides is 1. The molecule has 3 nitrogen and oxygen atoms in total. The number of hydrogen-bond donors (Lipinski definition) is 0. The number of rotatable bonds is 5. The van der Waals surface area contributed by atoms with Gasteiger partial charge in [0.1, 0.15) is 5.82 Å². The molecule has 1 rings (SSSR count). The first kappa shape index (κ1) is 13.4. The van der Waals surface area contributed by atoms with Crippen LogP contribution in [0.25, 0.3) is 0 Å². The minimum atomic E-state index is 0.464. The van der Waals surface area contributed by atoms with E-state index in [2.05, 4.69) is 39.7 Å². The molecule has 90 valence electrons. The number of aromatic nitrogens is 2. The number of aryl methyl sites for hydroxylation is 1. The van der Waals surface area contributed by atoms with Gasteiger partial charge in [0.2, 0.25) is 5.88 Å². The molecule has 1 aromatic rings. The van der Waals surface area contributed by atoms with E-state index in [1.54, 1.807) is 7.11 Å². The van der Waals surface area contributed by atoms with Gasteiger partial charge < -0.3 is 4.74 Å². The highest BCUT2D eigenvalue weighted by atomic mass is 79.9. The van der Waals surface area contributed by atoms with Gasteiger partial charge in [-0.05, 0) is 19.3 Å². The summed E-state index contributed by atoms with van der Waals surface area (Å²) in [5.41, 5.74) is 1.03. The van der Waals surface area contributed by atoms with Crippen molar-refractivity contribution in [3.05, 3.63) is 17.6 Å². The number of ether oxygens (including phenoxy) is 1. The van der Waals surface area contributed by atoms with Gasteiger partial charge in [0, 0.05) is 23.0 Å². The van der Waals surface area contributed by atoms with Gasteiger partial charge in [0.15, 0.2) is 0 Å². The summed E-state index contributed by atoms with van der Waals surface area (Å²) in [4.78, 5) is 9.04. The van der Waals surface area contributed by atoms with Gasteiger partial charge >= 0.3 is 0 Å². The molecular formula is C12H19BrN2O. The Balaban J connectivity index is 2.69. The fraction of sp³-hybridized carbons (Fsp3) is 0.667. The van der Waals surface area contributed by atoms with E-state index in [9.17, 15) is 0 Å². The van der Waals surface area contributed by atoms with Crippen LogP contribution in [0.5, 0.6) is 5.88 Å². The summed E-state index contributed by atoms with van der Waals surface area (Å²) in [7, 11) is 1.63. The molecule has 0 radical (unpaired) electrons. The van der Waals surface area contributed by atoms with E-state index in [1.165, 1.54) is 0 Å². The molecule has 16 heavy (non-hydrogen) atoms. The van der Waals surface area contributed by atoms with Gasteiger partial charge in [-0.25, -0.2) is 4.98 Å². The van der Waals surface area contributed by atoms with E-state index >= 15 is 0 Å². The van der Waals surface area contributed by atoms with Crippen molar-refractivity contribution in [1.82, 2.24) is 9.97 Å². The molecule has 1 heterocycles. The van der Waals surface area contributed by atoms with Crippen molar-refractivity contribution in [2.75, 3.05) is 7.11 Å². The third-order valence-corrected chi connectivity index (χ3v) is 2.93. The smallest absolute Gasteiger partial charge is 0.216 e. The van der Waals surface area contributed by atoms with Crippen LogP contribution in [0.15, 0.2) is 6.07 Å². The number of hydrogen-bond acceptors (Lipinski definition) is 3. The van der Waals surface area contributed by atoms with Gasteiger partial charge in [-0.3, -0.25) is 0 Å². The molecule has 4 heteroatoms. The Morgan fingerprint density at radius 3 is 2.62 bits per heavy atom. The van der Waals surface area contributed by atoms with Crippen LogP contribution < -0.4 is 4.74 Å². The highest BCUT2D eigenvalue weighted by Gasteiger charge is 2.10. The third kappa shape index (κ3) is 4.47. The van der Waals surface area contributed by atoms with Crippen LogP contribution in [0.4, 0.5) is 0 Å². The van der Waals surface area contributed by atoms with Gasteiger partial charge in [-0.2, -0.15) is 4.98 Å². The zero-order valence-corrected chi connectivity index (χ0v) is 11.9. The highest BCUT2D eigenvalue weighted by Crippen LogP contribution is 2.18. The monoisotopic (exact) mass is 286 g/mol. The van der Waals surface area contributed by atoms with Gasteiger partial charge in [0.05, 0.1) is 7.11 Å². The number of methoxy groups -OCH3 is 1. The zero-order chi connectivity index (χ0) is 12.1. The van der Waals surface area contributed by atoms with Crippen molar-refractivity contribution >= 4 is 15.9 Å². The summed E-state index contributed by atoms with van der Waals surface area (Å²) in [6.45, 7) is 6.33. The van der Waals surface area contributed by atoms with Crippen LogP contribution in [-0.2, 0) is 6.42 Å². The molecule has 0 aliphatic heterocycles. The fourth-order valence-electron chi connectivity index (χ4n) is 1.63. The zero-order valence-electron chi connectivity index (χ0n) is 10.3. The molecule has 1 unspecified atom stereocenters. The molecule has 0 aliphatic rings. The van der Waals surface area contributed by atoms with Crippen LogP contribution in [-0.4, -0.2) is 21.9 Å². The average molecular weight is 287 g/mol. The van der Waals surface area contributed by atoms with Gasteiger partial charge in [-0.15, -0.1) is 0 Å². The van der Waals surface area contributed by atoms with Crippen LogP contribution in [0.1, 0.15) is 31.8 Å². The molecule has 0 fully saturated rings. The first-order valence-electron chi connectivity index (χ1n) is 5.54. The molecule has 0 aromatic carbocycles. The van der Waals surface area contributed by atoms with E-state index in [0.717, 1.165) is 24.4 Å². The molecule has 1 aromatic heterocycles. The second-order valence-electron chi connectivity index (χ2n) is 4.38. The molecule has 0 aliphatic carbocycles. The Labute approximate surface area is 106 Å². The van der Waals surface area contributed by atoms with E-state index in [4.69, 9.17) is 4.74 Å². The molecule has 0 N–H and O–H groups in total. The summed E-state index contributed by atoms with van der Waals surface area (Å²) in [5.74, 6) is 2.10. The third-order valence-electron chi connectivity index (χ3n) is 2.23. The molecular weight excluding hydrogens is 268 g/mol. The molecule has 0 amide bonds. The number of halogens is 1. The lowest BCUT2D eigenvalue weighted by Gasteiger charge is -2.12. The fourth-order valence-corrected chi connectivity index (χ4v) is 2.71. The maximum atomic E-state index is 5.13. The lowest BCUT2D eigenvalue weighted by Crippen LogP contribution is -2.09. The van der Waals surface area contributed by atoms with Crippen molar-refractivity contribution in [3.63, 3.8) is 0 Å². The standard InChI is InChI=1S/C12H19BrN2O/c1-8(2)5-10(13)6-11-7-12(16-4)15-9(3)14-11/h7-8,10H,5-6H2,1-4H3. The van der Waals surface area contributed by atoms with Crippen LogP contribution in [0.2, 0.25) is 0 Å². The van der Waals surface area contributed by atoms with Crippen molar-refractivity contribution in [2.45, 2.75) is 38.4 Å². The van der Waals surface area contributed by atoms with E-state index in [-0.39, 0.29) is 0 Å². The van der Waals surface area contributed by atoms with Crippen molar-refractivity contribution in [3.8, 4) is 5.88 Å². The Hall–Kier alpha value is -0.640. The topological polar surface area (TPSA) is 35.0 Å². The molecule has 0 saturated heterocycles. The van der Waals surface area contributed by atoms with E-state index in [1.807, 2.05) is 13.0 Å². The first-order chi connectivity index (χ1) is 7.51. The van der Waals surface area contributed by atoms with E-state index in [0.29, 0.717) is 16.6 Å². The summed E-state index contributed by atoms with van der Waals surface area (Å²) < 4.78 is 5.13. The van der Waals surface area contributed by atoms with Crippen LogP contribution >= 0.6 is 15.9 Å². The second-order valence-corrected chi connectivity index (χ2v) is 5.67. The van der Waals surface area contributed by atoms with Gasteiger partial charge in [0.25, 0.3) is 0 Å². The largest absolute Gasteiger partial charge is 0.481 e. The quantitative estimate of drug-likeness (QED) is 0.780. The van der Waals surface area contributed by atoms with Crippen molar-refractivity contribution in [1.29, 1.82) is 0 Å². The Morgan fingerprint density at radius 1 is 1.38 bits per heavy atom. The Morgan fingerprint density at radius 2 is 2.06 bits per heavy atom. The Kier molecular flexibility index (Phi) is 5.19. The van der Waals surface area contributed by atoms with Crippen LogP contribution in [0.3, 0.4) is 0 Å². The minimum Gasteiger partial charge on any atom is -0.481 e. The Bertz CT molecular complexity index is 342. The van der Waals surface area contributed by atoms with E-state index < -0.39 is 0 Å². The van der Waals surface area contributed by atoms with Crippen LogP contribution in [0, 0.1) is 12.8 Å². The summed E-state index contributed by atoms with van der Waals surface area (Å²) in [6.07, 6.45) is 2.06. The molecule has 0 bridgehead atoms. The van der Waals surface area contributed by atoms with Crippen molar-refractivity contribution < 1.29 is 4.74 Å². The summed E-state index contributed by atoms with van der Waals surface area (Å²) in [5, 5.41) is 0. The van der Waals surface area contributed by atoms with Gasteiger partial charge in [-0.1, -0.05) is 29.8 Å². The lowest BCUT2D eigenvalue weighted by molar-refractivity contribution is 0.394. The average Bonchev–Trinajstić information content (AvgIpc) is 2.14. The SMILES string of the molecule is COc1cc(CC(Br)CC(C)C)nc(C)n1. The summed E-state index contributed by atoms with van der Waals surface area (Å²) >= 11 is 3.68. The predicted octanol–water partition coefficient (Wildman–Crippen LogP) is 3.15. The molecule has 1 atom stereocenters. The first-order valence-corrected chi connectivity index (χ1v) is 6.45. The van der Waals surface area contributed by atoms with Crippen molar-refractivity contribution in [2.24, 2.45) is 5.92 Å². The molecule has 0 saturated carbocycles. The minimum absolute atomic E-state index is 0.464. The molecule has 0 spiro atoms. The lowest BCUT2D eigenvalue weighted by atomic mass is 10.1. The normalized spacial score (nSPS) is 12.9. The summed E-state index contributed by atoms with van der Waals surface area (Å²) in [6, 6.07) is 1.90. The predicted molar refractivity (Wildman–Crippen MR) is 69.2 cm³/mol. The maximum absolute atomic E-state index is 5.13. The second kappa shape index (κ2) is 6.18. The maximum Gasteiger partial charge on any atom is 0.216 e.